The number of hydrogen-bond acceptors (Lipinski definition) is 5. The van der Waals surface area contributed by atoms with Crippen LogP contribution >= 0.6 is 11.8 Å². The molecule has 15 heavy (non-hydrogen) atoms. The maximum Gasteiger partial charge on any atom is 0.0990 e. The molecule has 0 bridgehead atoms. The molecule has 84 valence electrons. The Morgan fingerprint density at radius 2 is 2.33 bits per heavy atom. The van der Waals surface area contributed by atoms with E-state index in [4.69, 9.17) is 10.8 Å². The standard InChI is InChI=1S/C10H16N2O2S/c1-7-2-8(3-11)4-12-10(7)15-6-9(14)5-13/h2,4,9,13-14H,3,5-6,11H2,1H3. The van der Waals surface area contributed by atoms with Gasteiger partial charge in [-0.2, -0.15) is 0 Å². The number of aliphatic hydroxyl groups excluding tert-OH is 2. The lowest BCUT2D eigenvalue weighted by Crippen LogP contribution is -2.14. The lowest BCUT2D eigenvalue weighted by molar-refractivity contribution is 0.113. The number of aromatic nitrogens is 1. The number of pyridine rings is 1. The van der Waals surface area contributed by atoms with Gasteiger partial charge in [-0.3, -0.25) is 0 Å². The molecule has 0 saturated heterocycles. The highest BCUT2D eigenvalue weighted by molar-refractivity contribution is 7.99. The molecule has 1 atom stereocenters. The van der Waals surface area contributed by atoms with Crippen LogP contribution in [0.2, 0.25) is 0 Å². The van der Waals surface area contributed by atoms with Crippen molar-refractivity contribution in [1.82, 2.24) is 4.98 Å². The van der Waals surface area contributed by atoms with E-state index < -0.39 is 6.10 Å². The molecule has 0 aliphatic heterocycles. The van der Waals surface area contributed by atoms with Gasteiger partial charge in [-0.1, -0.05) is 6.07 Å². The van der Waals surface area contributed by atoms with E-state index in [-0.39, 0.29) is 6.61 Å². The lowest BCUT2D eigenvalue weighted by atomic mass is 10.2. The van der Waals surface area contributed by atoms with Crippen molar-refractivity contribution in [2.45, 2.75) is 24.6 Å². The van der Waals surface area contributed by atoms with Crippen molar-refractivity contribution in [3.8, 4) is 0 Å². The first-order valence-corrected chi connectivity index (χ1v) is 5.73. The van der Waals surface area contributed by atoms with Gasteiger partial charge in [0.15, 0.2) is 0 Å². The largest absolute Gasteiger partial charge is 0.394 e. The topological polar surface area (TPSA) is 79.4 Å². The number of rotatable bonds is 5. The average Bonchev–Trinajstić information content (AvgIpc) is 2.26. The molecule has 4 N–H and O–H groups in total. The molecular weight excluding hydrogens is 212 g/mol. The van der Waals surface area contributed by atoms with E-state index >= 15 is 0 Å². The first kappa shape index (κ1) is 12.4. The van der Waals surface area contributed by atoms with Crippen molar-refractivity contribution >= 4 is 11.8 Å². The quantitative estimate of drug-likeness (QED) is 0.631. The van der Waals surface area contributed by atoms with Crippen LogP contribution in [0.4, 0.5) is 0 Å². The number of nitrogens with zero attached hydrogens (tertiary/aromatic N) is 1. The van der Waals surface area contributed by atoms with Crippen LogP contribution in [0.15, 0.2) is 17.3 Å². The van der Waals surface area contributed by atoms with Gasteiger partial charge in [-0.25, -0.2) is 4.98 Å². The van der Waals surface area contributed by atoms with Crippen LogP contribution in [0.25, 0.3) is 0 Å². The molecule has 0 amide bonds. The minimum absolute atomic E-state index is 0.215. The van der Waals surface area contributed by atoms with E-state index in [9.17, 15) is 5.11 Å². The molecule has 0 aliphatic carbocycles. The maximum atomic E-state index is 9.19. The van der Waals surface area contributed by atoms with Crippen LogP contribution < -0.4 is 5.73 Å². The summed E-state index contributed by atoms with van der Waals surface area (Å²) in [6.07, 6.45) is 1.05. The number of thioether (sulfide) groups is 1. The van der Waals surface area contributed by atoms with E-state index in [1.165, 1.54) is 11.8 Å². The predicted octanol–water partition coefficient (Wildman–Crippen LogP) is 0.294. The minimum atomic E-state index is -0.689. The second kappa shape index (κ2) is 6.07. The Kier molecular flexibility index (Phi) is 5.04. The van der Waals surface area contributed by atoms with Crippen LogP contribution in [0.5, 0.6) is 0 Å². The highest BCUT2D eigenvalue weighted by Crippen LogP contribution is 2.20. The van der Waals surface area contributed by atoms with E-state index in [1.54, 1.807) is 6.20 Å². The minimum Gasteiger partial charge on any atom is -0.394 e. The summed E-state index contributed by atoms with van der Waals surface area (Å²) < 4.78 is 0. The van der Waals surface area contributed by atoms with Crippen molar-refractivity contribution < 1.29 is 10.2 Å². The second-order valence-electron chi connectivity index (χ2n) is 3.32. The van der Waals surface area contributed by atoms with Gasteiger partial charge in [0.05, 0.1) is 17.7 Å². The van der Waals surface area contributed by atoms with E-state index in [1.807, 2.05) is 13.0 Å². The van der Waals surface area contributed by atoms with E-state index in [0.717, 1.165) is 16.2 Å². The third-order valence-corrected chi connectivity index (χ3v) is 3.20. The third-order valence-electron chi connectivity index (χ3n) is 1.95. The third kappa shape index (κ3) is 3.79. The molecule has 1 rings (SSSR count). The summed E-state index contributed by atoms with van der Waals surface area (Å²) >= 11 is 1.44. The molecule has 1 aromatic heterocycles. The molecule has 0 aliphatic rings. The Labute approximate surface area is 93.5 Å². The first-order valence-electron chi connectivity index (χ1n) is 4.74. The summed E-state index contributed by atoms with van der Waals surface area (Å²) in [5.74, 6) is 0.451. The molecule has 1 heterocycles. The smallest absolute Gasteiger partial charge is 0.0990 e. The van der Waals surface area contributed by atoms with Crippen LogP contribution in [0.1, 0.15) is 11.1 Å². The van der Waals surface area contributed by atoms with Gasteiger partial charge < -0.3 is 15.9 Å². The summed E-state index contributed by atoms with van der Waals surface area (Å²) in [7, 11) is 0. The summed E-state index contributed by atoms with van der Waals surface area (Å²) in [6.45, 7) is 2.23. The van der Waals surface area contributed by atoms with Gasteiger partial charge >= 0.3 is 0 Å². The average molecular weight is 228 g/mol. The van der Waals surface area contributed by atoms with Crippen LogP contribution in [0, 0.1) is 6.92 Å². The molecule has 5 heteroatoms. The summed E-state index contributed by atoms with van der Waals surface area (Å²) in [5.41, 5.74) is 7.54. The molecule has 0 saturated carbocycles. The Balaban J connectivity index is 2.62. The van der Waals surface area contributed by atoms with Crippen LogP contribution in [-0.4, -0.2) is 33.7 Å². The summed E-state index contributed by atoms with van der Waals surface area (Å²) in [6, 6.07) is 1.99. The monoisotopic (exact) mass is 228 g/mol. The van der Waals surface area contributed by atoms with Gasteiger partial charge in [0.1, 0.15) is 0 Å². The van der Waals surface area contributed by atoms with Crippen molar-refractivity contribution in [3.05, 3.63) is 23.4 Å². The van der Waals surface area contributed by atoms with Gasteiger partial charge in [0.25, 0.3) is 0 Å². The summed E-state index contributed by atoms with van der Waals surface area (Å²) in [4.78, 5) is 4.25. The Morgan fingerprint density at radius 3 is 2.87 bits per heavy atom. The molecular formula is C10H16N2O2S. The number of aryl methyl sites for hydroxylation is 1. The first-order chi connectivity index (χ1) is 7.17. The Morgan fingerprint density at radius 1 is 1.60 bits per heavy atom. The predicted molar refractivity (Wildman–Crippen MR) is 60.7 cm³/mol. The molecule has 0 fully saturated rings. The van der Waals surface area contributed by atoms with Gasteiger partial charge in [-0.15, -0.1) is 11.8 Å². The molecule has 0 radical (unpaired) electrons. The van der Waals surface area contributed by atoms with Crippen LogP contribution in [-0.2, 0) is 6.54 Å². The lowest BCUT2D eigenvalue weighted by Gasteiger charge is -2.08. The fourth-order valence-corrected chi connectivity index (χ4v) is 1.98. The van der Waals surface area contributed by atoms with Gasteiger partial charge in [0.2, 0.25) is 0 Å². The highest BCUT2D eigenvalue weighted by atomic mass is 32.2. The molecule has 0 spiro atoms. The van der Waals surface area contributed by atoms with Gasteiger partial charge in [-0.05, 0) is 18.1 Å². The van der Waals surface area contributed by atoms with Crippen molar-refractivity contribution in [2.24, 2.45) is 5.73 Å². The zero-order valence-corrected chi connectivity index (χ0v) is 9.50. The summed E-state index contributed by atoms with van der Waals surface area (Å²) in [5, 5.41) is 18.7. The Hall–Kier alpha value is -0.620. The number of aliphatic hydroxyl groups is 2. The zero-order valence-electron chi connectivity index (χ0n) is 8.68. The van der Waals surface area contributed by atoms with Crippen LogP contribution in [0.3, 0.4) is 0 Å². The SMILES string of the molecule is Cc1cc(CN)cnc1SCC(O)CO. The molecule has 0 aromatic carbocycles. The normalized spacial score (nSPS) is 12.8. The van der Waals surface area contributed by atoms with E-state index in [2.05, 4.69) is 4.98 Å². The molecule has 1 unspecified atom stereocenters. The maximum absolute atomic E-state index is 9.19. The molecule has 4 nitrogen and oxygen atoms in total. The van der Waals surface area contributed by atoms with Gasteiger partial charge in [0, 0.05) is 18.5 Å². The zero-order chi connectivity index (χ0) is 11.3. The molecule has 1 aromatic rings. The second-order valence-corrected chi connectivity index (χ2v) is 4.33. The van der Waals surface area contributed by atoms with E-state index in [0.29, 0.717) is 12.3 Å². The fourth-order valence-electron chi connectivity index (χ4n) is 1.11. The highest BCUT2D eigenvalue weighted by Gasteiger charge is 2.06. The Bertz CT molecular complexity index is 320. The fraction of sp³-hybridized carbons (Fsp3) is 0.500. The number of hydrogen-bond donors (Lipinski definition) is 3. The van der Waals surface area contributed by atoms with Crippen molar-refractivity contribution in [2.75, 3.05) is 12.4 Å². The van der Waals surface area contributed by atoms with Crippen molar-refractivity contribution in [3.63, 3.8) is 0 Å². The van der Waals surface area contributed by atoms with Crippen molar-refractivity contribution in [1.29, 1.82) is 0 Å². The number of nitrogens with two attached hydrogens (primary N) is 1.